The summed E-state index contributed by atoms with van der Waals surface area (Å²) in [5.74, 6) is 0.597. The fraction of sp³-hybridized carbons (Fsp3) is 0.263. The maximum absolute atomic E-state index is 12.2. The molecule has 2 aromatic rings. The smallest absolute Gasteiger partial charge is 0.228 e. The maximum Gasteiger partial charge on any atom is 0.228 e. The summed E-state index contributed by atoms with van der Waals surface area (Å²) >= 11 is 0. The number of anilines is 1. The zero-order chi connectivity index (χ0) is 17.0. The lowest BCUT2D eigenvalue weighted by Gasteiger charge is -2.12. The molecular formula is C19H21NO3. The molecule has 0 saturated heterocycles. The quantitative estimate of drug-likeness (QED) is 0.857. The molecule has 4 heteroatoms. The number of carbonyl (C=O) groups excluding carboxylic acids is 2. The van der Waals surface area contributed by atoms with E-state index in [0.717, 1.165) is 22.4 Å². The number of rotatable bonds is 5. The van der Waals surface area contributed by atoms with Gasteiger partial charge in [0, 0.05) is 16.8 Å². The molecule has 2 aromatic carbocycles. The van der Waals surface area contributed by atoms with Crippen molar-refractivity contribution in [3.63, 3.8) is 0 Å². The van der Waals surface area contributed by atoms with Crippen molar-refractivity contribution in [2.24, 2.45) is 0 Å². The number of carbonyl (C=O) groups is 2. The summed E-state index contributed by atoms with van der Waals surface area (Å²) in [5.41, 5.74) is 4.40. The lowest BCUT2D eigenvalue weighted by atomic mass is 10.0. The van der Waals surface area contributed by atoms with Gasteiger partial charge in [0.05, 0.1) is 13.5 Å². The summed E-state index contributed by atoms with van der Waals surface area (Å²) in [4.78, 5) is 23.5. The summed E-state index contributed by atoms with van der Waals surface area (Å²) in [6, 6.07) is 10.8. The number of methoxy groups -OCH3 is 1. The van der Waals surface area contributed by atoms with Crippen molar-refractivity contribution in [3.05, 3.63) is 58.7 Å². The zero-order valence-corrected chi connectivity index (χ0v) is 13.9. The molecule has 0 fully saturated rings. The average Bonchev–Trinajstić information content (AvgIpc) is 2.51. The van der Waals surface area contributed by atoms with Crippen LogP contribution in [0, 0.1) is 13.8 Å². The molecule has 0 unspecified atom stereocenters. The van der Waals surface area contributed by atoms with E-state index in [1.165, 1.54) is 6.92 Å². The van der Waals surface area contributed by atoms with Crippen LogP contribution in [-0.2, 0) is 11.2 Å². The van der Waals surface area contributed by atoms with Crippen LogP contribution in [0.3, 0.4) is 0 Å². The number of amides is 1. The number of hydrogen-bond acceptors (Lipinski definition) is 3. The normalized spacial score (nSPS) is 10.3. The third kappa shape index (κ3) is 4.19. The Morgan fingerprint density at radius 3 is 2.22 bits per heavy atom. The molecule has 120 valence electrons. The predicted octanol–water partition coefficient (Wildman–Crippen LogP) is 3.70. The molecule has 2 rings (SSSR count). The summed E-state index contributed by atoms with van der Waals surface area (Å²) in [5, 5.41) is 2.84. The van der Waals surface area contributed by atoms with Crippen molar-refractivity contribution in [2.45, 2.75) is 27.2 Å². The summed E-state index contributed by atoms with van der Waals surface area (Å²) in [6.45, 7) is 5.54. The van der Waals surface area contributed by atoms with Gasteiger partial charge >= 0.3 is 0 Å². The first kappa shape index (κ1) is 16.7. The van der Waals surface area contributed by atoms with Crippen molar-refractivity contribution >= 4 is 17.4 Å². The molecule has 1 N–H and O–H groups in total. The minimum absolute atomic E-state index is 0.00254. The Balaban J connectivity index is 2.10. The van der Waals surface area contributed by atoms with Gasteiger partial charge in [0.15, 0.2) is 5.78 Å². The molecule has 0 spiro atoms. The van der Waals surface area contributed by atoms with Crippen molar-refractivity contribution < 1.29 is 14.3 Å². The fourth-order valence-corrected chi connectivity index (χ4v) is 2.34. The number of nitrogens with one attached hydrogen (secondary N) is 1. The topological polar surface area (TPSA) is 55.4 Å². The lowest BCUT2D eigenvalue weighted by Crippen LogP contribution is -2.15. The first-order valence-corrected chi connectivity index (χ1v) is 7.45. The molecule has 23 heavy (non-hydrogen) atoms. The van der Waals surface area contributed by atoms with E-state index in [1.807, 2.05) is 26.0 Å². The third-order valence-corrected chi connectivity index (χ3v) is 3.82. The monoisotopic (exact) mass is 311 g/mol. The second kappa shape index (κ2) is 7.09. The molecule has 0 bridgehead atoms. The Morgan fingerprint density at radius 2 is 1.65 bits per heavy atom. The van der Waals surface area contributed by atoms with E-state index < -0.39 is 0 Å². The van der Waals surface area contributed by atoms with Crippen molar-refractivity contribution in [3.8, 4) is 5.75 Å². The standard InChI is InChI=1S/C19H21NO3/c1-12-9-16(18(23-4)10-13(12)2)11-19(22)20-17-7-5-15(6-8-17)14(3)21/h5-10H,11H2,1-4H3,(H,20,22). The number of ether oxygens (including phenoxy) is 1. The summed E-state index contributed by atoms with van der Waals surface area (Å²) in [7, 11) is 1.60. The van der Waals surface area contributed by atoms with Crippen LogP contribution in [-0.4, -0.2) is 18.8 Å². The van der Waals surface area contributed by atoms with E-state index in [9.17, 15) is 9.59 Å². The van der Waals surface area contributed by atoms with Crippen LogP contribution in [0.4, 0.5) is 5.69 Å². The number of Topliss-reactive ketones (excluding diaryl/α,β-unsaturated/α-hetero) is 1. The van der Waals surface area contributed by atoms with Crippen LogP contribution in [0.25, 0.3) is 0 Å². The highest BCUT2D eigenvalue weighted by Gasteiger charge is 2.11. The van der Waals surface area contributed by atoms with Gasteiger partial charge in [-0.25, -0.2) is 0 Å². The van der Waals surface area contributed by atoms with E-state index in [1.54, 1.807) is 31.4 Å². The minimum Gasteiger partial charge on any atom is -0.496 e. The zero-order valence-electron chi connectivity index (χ0n) is 13.9. The summed E-state index contributed by atoms with van der Waals surface area (Å²) in [6.07, 6.45) is 0.235. The molecule has 1 amide bonds. The molecule has 4 nitrogen and oxygen atoms in total. The highest BCUT2D eigenvalue weighted by atomic mass is 16.5. The van der Waals surface area contributed by atoms with Gasteiger partial charge in [-0.1, -0.05) is 6.07 Å². The van der Waals surface area contributed by atoms with Gasteiger partial charge in [0.1, 0.15) is 5.75 Å². The van der Waals surface area contributed by atoms with E-state index in [2.05, 4.69) is 5.32 Å². The van der Waals surface area contributed by atoms with Crippen LogP contribution < -0.4 is 10.1 Å². The second-order valence-electron chi connectivity index (χ2n) is 5.61. The van der Waals surface area contributed by atoms with Gasteiger partial charge in [-0.15, -0.1) is 0 Å². The Hall–Kier alpha value is -2.62. The maximum atomic E-state index is 12.2. The Labute approximate surface area is 136 Å². The fourth-order valence-electron chi connectivity index (χ4n) is 2.34. The van der Waals surface area contributed by atoms with E-state index in [-0.39, 0.29) is 18.1 Å². The van der Waals surface area contributed by atoms with E-state index in [0.29, 0.717) is 11.3 Å². The van der Waals surface area contributed by atoms with Crippen LogP contribution in [0.15, 0.2) is 36.4 Å². The second-order valence-corrected chi connectivity index (χ2v) is 5.61. The Kier molecular flexibility index (Phi) is 5.16. The number of ketones is 1. The van der Waals surface area contributed by atoms with Crippen molar-refractivity contribution in [2.75, 3.05) is 12.4 Å². The number of aryl methyl sites for hydroxylation is 2. The van der Waals surface area contributed by atoms with Crippen LogP contribution in [0.5, 0.6) is 5.75 Å². The van der Waals surface area contributed by atoms with E-state index in [4.69, 9.17) is 4.74 Å². The van der Waals surface area contributed by atoms with Gasteiger partial charge in [-0.05, 0) is 62.2 Å². The molecule has 0 saturated carbocycles. The Bertz CT molecular complexity index is 733. The number of benzene rings is 2. The largest absolute Gasteiger partial charge is 0.496 e. The molecule has 0 atom stereocenters. The van der Waals surface area contributed by atoms with E-state index >= 15 is 0 Å². The van der Waals surface area contributed by atoms with Crippen molar-refractivity contribution in [1.82, 2.24) is 0 Å². The molecule has 0 aliphatic heterocycles. The predicted molar refractivity (Wildman–Crippen MR) is 91.2 cm³/mol. The molecule has 0 aliphatic carbocycles. The van der Waals surface area contributed by atoms with Gasteiger partial charge in [0.25, 0.3) is 0 Å². The highest BCUT2D eigenvalue weighted by molar-refractivity contribution is 5.96. The number of hydrogen-bond donors (Lipinski definition) is 1. The Morgan fingerprint density at radius 1 is 1.04 bits per heavy atom. The van der Waals surface area contributed by atoms with Gasteiger partial charge in [-0.3, -0.25) is 9.59 Å². The minimum atomic E-state index is -0.123. The first-order valence-electron chi connectivity index (χ1n) is 7.45. The molecule has 0 aromatic heterocycles. The van der Waals surface area contributed by atoms with Crippen LogP contribution in [0.1, 0.15) is 34.0 Å². The van der Waals surface area contributed by atoms with Gasteiger partial charge in [-0.2, -0.15) is 0 Å². The summed E-state index contributed by atoms with van der Waals surface area (Å²) < 4.78 is 5.36. The molecule has 0 aliphatic rings. The molecule has 0 radical (unpaired) electrons. The molecule has 0 heterocycles. The van der Waals surface area contributed by atoms with Crippen LogP contribution >= 0.6 is 0 Å². The van der Waals surface area contributed by atoms with Crippen molar-refractivity contribution in [1.29, 1.82) is 0 Å². The van der Waals surface area contributed by atoms with Crippen LogP contribution in [0.2, 0.25) is 0 Å². The average molecular weight is 311 g/mol. The van der Waals surface area contributed by atoms with Gasteiger partial charge < -0.3 is 10.1 Å². The first-order chi connectivity index (χ1) is 10.9. The third-order valence-electron chi connectivity index (χ3n) is 3.82. The lowest BCUT2D eigenvalue weighted by molar-refractivity contribution is -0.115. The molecular weight excluding hydrogens is 290 g/mol. The highest BCUT2D eigenvalue weighted by Crippen LogP contribution is 2.24. The van der Waals surface area contributed by atoms with Gasteiger partial charge in [0.2, 0.25) is 5.91 Å². The SMILES string of the molecule is COc1cc(C)c(C)cc1CC(=O)Nc1ccc(C(C)=O)cc1.